The van der Waals surface area contributed by atoms with Crippen LogP contribution in [0.2, 0.25) is 0 Å². The summed E-state index contributed by atoms with van der Waals surface area (Å²) < 4.78 is 21.1. The molecule has 0 bridgehead atoms. The summed E-state index contributed by atoms with van der Waals surface area (Å²) in [6.07, 6.45) is 5.81. The van der Waals surface area contributed by atoms with E-state index in [-0.39, 0.29) is 22.2 Å². The molecule has 0 saturated heterocycles. The van der Waals surface area contributed by atoms with E-state index in [1.54, 1.807) is 30.7 Å². The molecule has 1 atom stereocenters. The lowest BCUT2D eigenvalue weighted by Gasteiger charge is -2.31. The number of aliphatic hydroxyl groups is 1. The van der Waals surface area contributed by atoms with E-state index < -0.39 is 5.82 Å². The summed E-state index contributed by atoms with van der Waals surface area (Å²) in [5.74, 6) is 7.84. The van der Waals surface area contributed by atoms with Crippen molar-refractivity contribution >= 4 is 23.0 Å². The number of fused-ring (bicyclic) bond motifs is 2. The number of hydrogen-bond acceptors (Lipinski definition) is 6. The number of aliphatic imine (C=N–C) groups is 2. The van der Waals surface area contributed by atoms with Gasteiger partial charge in [0, 0.05) is 17.4 Å². The summed E-state index contributed by atoms with van der Waals surface area (Å²) in [5.41, 5.74) is 3.14. The van der Waals surface area contributed by atoms with Gasteiger partial charge < -0.3 is 9.84 Å². The van der Waals surface area contributed by atoms with Gasteiger partial charge in [-0.3, -0.25) is 4.99 Å². The Morgan fingerprint density at radius 3 is 2.71 bits per heavy atom. The fourth-order valence-corrected chi connectivity index (χ4v) is 4.72. The van der Waals surface area contributed by atoms with E-state index in [2.05, 4.69) is 9.98 Å². The van der Waals surface area contributed by atoms with Crippen molar-refractivity contribution in [3.63, 3.8) is 0 Å². The van der Waals surface area contributed by atoms with E-state index in [4.69, 9.17) is 15.6 Å². The standard InChI is InChI=1S/C26H23FN5O2/c1-15-9-24(34-18-5-3-2-4-6-18)30-22-13-20(21(27)12-19(15)22)26-31-25(16-10-17(33)11-16)23-14-29-7-8-32(23,26)28/h2-9,12-14,16-17,33H,10-11,28H2,1H3/q+1. The number of nitrogens with zero attached hydrogens (tertiary/aromatic N) is 4. The number of hydrogen-bond donors (Lipinski definition) is 2. The molecule has 3 N–H and O–H groups in total. The van der Waals surface area contributed by atoms with Crippen LogP contribution in [-0.2, 0) is 0 Å². The van der Waals surface area contributed by atoms with E-state index in [0.717, 1.165) is 11.3 Å². The van der Waals surface area contributed by atoms with Gasteiger partial charge in [-0.05, 0) is 49.6 Å². The van der Waals surface area contributed by atoms with Gasteiger partial charge in [0.05, 0.1) is 29.6 Å². The number of aryl methyl sites for hydroxylation is 1. The number of amidine groups is 1. The second-order valence-corrected chi connectivity index (χ2v) is 8.92. The molecule has 1 fully saturated rings. The zero-order chi connectivity index (χ0) is 23.4. The average Bonchev–Trinajstić information content (AvgIpc) is 3.10. The first-order valence-corrected chi connectivity index (χ1v) is 11.2. The van der Waals surface area contributed by atoms with Crippen molar-refractivity contribution in [2.24, 2.45) is 21.7 Å². The molecule has 170 valence electrons. The number of halogens is 1. The second-order valence-electron chi connectivity index (χ2n) is 8.92. The van der Waals surface area contributed by atoms with Crippen molar-refractivity contribution in [2.75, 3.05) is 0 Å². The van der Waals surface area contributed by atoms with Crippen molar-refractivity contribution in [3.8, 4) is 11.6 Å². The van der Waals surface area contributed by atoms with E-state index in [1.807, 2.05) is 37.3 Å². The van der Waals surface area contributed by atoms with Gasteiger partial charge in [0.25, 0.3) is 5.84 Å². The van der Waals surface area contributed by atoms with Gasteiger partial charge in [0.15, 0.2) is 0 Å². The third kappa shape index (κ3) is 3.27. The summed E-state index contributed by atoms with van der Waals surface area (Å²) in [4.78, 5) is 13.7. The predicted molar refractivity (Wildman–Crippen MR) is 127 cm³/mol. The molecule has 8 heteroatoms. The number of para-hydroxylation sites is 1. The molecule has 3 aliphatic rings. The van der Waals surface area contributed by atoms with Gasteiger partial charge in [-0.1, -0.05) is 18.2 Å². The molecule has 0 amide bonds. The second kappa shape index (κ2) is 7.66. The van der Waals surface area contributed by atoms with Gasteiger partial charge >= 0.3 is 0 Å². The van der Waals surface area contributed by atoms with Crippen LogP contribution in [-0.4, -0.2) is 32.8 Å². The Labute approximate surface area is 195 Å². The molecule has 1 saturated carbocycles. The van der Waals surface area contributed by atoms with Crippen LogP contribution in [0.15, 0.2) is 82.3 Å². The number of benzene rings is 2. The number of rotatable bonds is 4. The van der Waals surface area contributed by atoms with E-state index in [9.17, 15) is 5.11 Å². The summed E-state index contributed by atoms with van der Waals surface area (Å²) in [6, 6.07) is 14.3. The van der Waals surface area contributed by atoms with Crippen LogP contribution in [0.3, 0.4) is 0 Å². The molecule has 2 aromatic carbocycles. The Bertz CT molecular complexity index is 1440. The molecule has 3 aromatic rings. The molecule has 0 radical (unpaired) electrons. The summed E-state index contributed by atoms with van der Waals surface area (Å²) in [6.45, 7) is 1.90. The number of aromatic nitrogens is 1. The molecule has 34 heavy (non-hydrogen) atoms. The Morgan fingerprint density at radius 2 is 1.94 bits per heavy atom. The fourth-order valence-electron chi connectivity index (χ4n) is 4.72. The Balaban J connectivity index is 1.45. The van der Waals surface area contributed by atoms with Crippen LogP contribution in [0.25, 0.3) is 10.9 Å². The summed E-state index contributed by atoms with van der Waals surface area (Å²) in [5, 5.41) is 10.5. The molecule has 1 aromatic heterocycles. The zero-order valence-corrected chi connectivity index (χ0v) is 18.5. The highest BCUT2D eigenvalue weighted by Crippen LogP contribution is 2.42. The number of ether oxygens (including phenoxy) is 1. The van der Waals surface area contributed by atoms with Crippen molar-refractivity contribution in [1.82, 2.24) is 4.98 Å². The van der Waals surface area contributed by atoms with E-state index >= 15 is 4.39 Å². The van der Waals surface area contributed by atoms with Crippen molar-refractivity contribution in [2.45, 2.75) is 25.9 Å². The minimum Gasteiger partial charge on any atom is -0.439 e. The maximum atomic E-state index is 15.5. The number of nitrogens with two attached hydrogens (primary N) is 1. The Kier molecular flexibility index (Phi) is 4.70. The van der Waals surface area contributed by atoms with Crippen molar-refractivity contribution in [1.29, 1.82) is 0 Å². The molecule has 6 rings (SSSR count). The summed E-state index contributed by atoms with van der Waals surface area (Å²) in [7, 11) is 0. The topological polar surface area (TPSA) is 93.1 Å². The molecule has 7 nitrogen and oxygen atoms in total. The van der Waals surface area contributed by atoms with Gasteiger partial charge in [-0.15, -0.1) is 4.59 Å². The highest BCUT2D eigenvalue weighted by molar-refractivity contribution is 6.03. The predicted octanol–water partition coefficient (Wildman–Crippen LogP) is 4.46. The van der Waals surface area contributed by atoms with Gasteiger partial charge in [-0.25, -0.2) is 9.37 Å². The van der Waals surface area contributed by atoms with Crippen LogP contribution in [0.1, 0.15) is 24.0 Å². The smallest absolute Gasteiger partial charge is 0.267 e. The average molecular weight is 457 g/mol. The molecule has 3 heterocycles. The lowest BCUT2D eigenvalue weighted by molar-refractivity contribution is -0.750. The largest absolute Gasteiger partial charge is 0.439 e. The van der Waals surface area contributed by atoms with Gasteiger partial charge in [0.1, 0.15) is 23.5 Å². The first-order valence-electron chi connectivity index (χ1n) is 11.2. The van der Waals surface area contributed by atoms with Crippen LogP contribution in [0, 0.1) is 18.7 Å². The quantitative estimate of drug-likeness (QED) is 0.448. The SMILES string of the molecule is Cc1cc(Oc2ccccc2)nc2cc(C3=NC(C4CC(O)C4)=C4C=NC=C[N+]34N)c(F)cc12. The van der Waals surface area contributed by atoms with E-state index in [0.29, 0.717) is 46.9 Å². The minimum atomic E-state index is -0.430. The van der Waals surface area contributed by atoms with Crippen molar-refractivity contribution < 1.29 is 18.8 Å². The van der Waals surface area contributed by atoms with Crippen LogP contribution < -0.4 is 10.6 Å². The molecular formula is C26H23FN5O2+. The maximum Gasteiger partial charge on any atom is 0.267 e. The molecule has 2 aliphatic heterocycles. The first-order chi connectivity index (χ1) is 16.4. The fraction of sp³-hybridized carbons (Fsp3) is 0.192. The van der Waals surface area contributed by atoms with E-state index in [1.165, 1.54) is 6.07 Å². The third-order valence-corrected chi connectivity index (χ3v) is 6.61. The lowest BCUT2D eigenvalue weighted by atomic mass is 9.79. The Hall–Kier alpha value is -3.72. The molecular weight excluding hydrogens is 433 g/mol. The highest BCUT2D eigenvalue weighted by Gasteiger charge is 2.48. The molecule has 1 unspecified atom stereocenters. The Morgan fingerprint density at radius 1 is 1.15 bits per heavy atom. The number of aliphatic hydroxyl groups excluding tert-OH is 1. The molecule has 1 aliphatic carbocycles. The number of allylic oxidation sites excluding steroid dienone is 2. The maximum absolute atomic E-state index is 15.5. The molecule has 0 spiro atoms. The number of pyridine rings is 1. The lowest BCUT2D eigenvalue weighted by Crippen LogP contribution is -2.53. The van der Waals surface area contributed by atoms with Gasteiger partial charge in [-0.2, -0.15) is 10.8 Å². The third-order valence-electron chi connectivity index (χ3n) is 6.61. The normalized spacial score (nSPS) is 25.4. The van der Waals surface area contributed by atoms with Crippen LogP contribution >= 0.6 is 0 Å². The number of quaternary nitrogens is 1. The van der Waals surface area contributed by atoms with Crippen molar-refractivity contribution in [3.05, 3.63) is 89.3 Å². The van der Waals surface area contributed by atoms with Gasteiger partial charge in [0.2, 0.25) is 11.6 Å². The van der Waals surface area contributed by atoms with Crippen LogP contribution in [0.4, 0.5) is 4.39 Å². The highest BCUT2D eigenvalue weighted by atomic mass is 19.1. The summed E-state index contributed by atoms with van der Waals surface area (Å²) >= 11 is 0. The zero-order valence-electron chi connectivity index (χ0n) is 18.5. The first kappa shape index (κ1) is 20.9. The monoisotopic (exact) mass is 456 g/mol. The van der Waals surface area contributed by atoms with Crippen LogP contribution in [0.5, 0.6) is 11.6 Å². The minimum absolute atomic E-state index is 0.0660.